The first kappa shape index (κ1) is 25.2. The van der Waals surface area contributed by atoms with Crippen molar-refractivity contribution in [3.05, 3.63) is 0 Å². The van der Waals surface area contributed by atoms with Crippen molar-refractivity contribution in [2.75, 3.05) is 19.8 Å². The molecule has 0 saturated carbocycles. The summed E-state index contributed by atoms with van der Waals surface area (Å²) >= 11 is 0. The molecule has 0 saturated heterocycles. The third-order valence-electron chi connectivity index (χ3n) is 3.43. The van der Waals surface area contributed by atoms with Gasteiger partial charge in [-0.25, -0.2) is 4.79 Å². The molecule has 0 spiro atoms. The van der Waals surface area contributed by atoms with E-state index in [1.54, 1.807) is 0 Å². The zero-order valence-corrected chi connectivity index (χ0v) is 14.7. The Morgan fingerprint density at radius 3 is 1.61 bits per heavy atom. The first-order valence-electron chi connectivity index (χ1n) is 8.01. The standard InChI is InChI=1S/C14H24N4O10/c15-6(3-19)11(24)16-7(1-2-10(22)23)12(25)17-8(4-20)13(26)18-9(5-21)14(27)28/h6-9,19-21H,1-5,15H2,(H,16,24)(H,17,25)(H,18,26)(H,22,23)(H,27,28)/t6-,7-,8-,9-/m0/s1. The van der Waals surface area contributed by atoms with Gasteiger partial charge in [-0.3, -0.25) is 19.2 Å². The Kier molecular flexibility index (Phi) is 11.3. The number of hydrogen-bond donors (Lipinski definition) is 9. The zero-order valence-electron chi connectivity index (χ0n) is 14.7. The van der Waals surface area contributed by atoms with Gasteiger partial charge in [0, 0.05) is 6.42 Å². The normalized spacial score (nSPS) is 14.9. The van der Waals surface area contributed by atoms with Crippen molar-refractivity contribution < 1.29 is 49.5 Å². The van der Waals surface area contributed by atoms with E-state index in [1.807, 2.05) is 10.6 Å². The average molecular weight is 408 g/mol. The highest BCUT2D eigenvalue weighted by Gasteiger charge is 2.30. The fraction of sp³-hybridized carbons (Fsp3) is 0.643. The van der Waals surface area contributed by atoms with E-state index in [4.69, 9.17) is 26.2 Å². The van der Waals surface area contributed by atoms with E-state index in [-0.39, 0.29) is 6.42 Å². The van der Waals surface area contributed by atoms with Gasteiger partial charge in [0.1, 0.15) is 24.2 Å². The Labute approximate surface area is 158 Å². The van der Waals surface area contributed by atoms with Crippen LogP contribution < -0.4 is 21.7 Å². The van der Waals surface area contributed by atoms with Gasteiger partial charge in [0.05, 0.1) is 19.8 Å². The van der Waals surface area contributed by atoms with Gasteiger partial charge in [0.25, 0.3) is 0 Å². The lowest BCUT2D eigenvalue weighted by Gasteiger charge is -2.23. The van der Waals surface area contributed by atoms with Crippen LogP contribution in [-0.4, -0.2) is 99.2 Å². The average Bonchev–Trinajstić information content (AvgIpc) is 2.65. The molecular formula is C14H24N4O10. The van der Waals surface area contributed by atoms with Crippen LogP contribution in [0.4, 0.5) is 0 Å². The smallest absolute Gasteiger partial charge is 0.328 e. The maximum Gasteiger partial charge on any atom is 0.328 e. The Hall–Kier alpha value is -2.81. The summed E-state index contributed by atoms with van der Waals surface area (Å²) in [5, 5.41) is 50.5. The summed E-state index contributed by atoms with van der Waals surface area (Å²) in [6.45, 7) is -2.63. The molecule has 0 bridgehead atoms. The number of aliphatic hydroxyl groups excluding tert-OH is 3. The first-order valence-corrected chi connectivity index (χ1v) is 8.01. The molecule has 0 unspecified atom stereocenters. The summed E-state index contributed by atoms with van der Waals surface area (Å²) < 4.78 is 0. The van der Waals surface area contributed by atoms with Gasteiger partial charge in [-0.15, -0.1) is 0 Å². The predicted octanol–water partition coefficient (Wildman–Crippen LogP) is -5.31. The lowest BCUT2D eigenvalue weighted by Crippen LogP contribution is -2.58. The molecule has 0 aromatic carbocycles. The van der Waals surface area contributed by atoms with Crippen molar-refractivity contribution in [1.82, 2.24) is 16.0 Å². The maximum absolute atomic E-state index is 12.3. The lowest BCUT2D eigenvalue weighted by atomic mass is 10.1. The molecule has 10 N–H and O–H groups in total. The zero-order chi connectivity index (χ0) is 21.9. The molecule has 0 fully saturated rings. The van der Waals surface area contributed by atoms with E-state index in [2.05, 4.69) is 5.32 Å². The Morgan fingerprint density at radius 2 is 1.18 bits per heavy atom. The number of carboxylic acids is 2. The molecule has 4 atom stereocenters. The molecule has 0 aliphatic heterocycles. The Bertz CT molecular complexity index is 584. The first-order chi connectivity index (χ1) is 13.1. The SMILES string of the molecule is N[C@@H](CO)C(=O)N[C@@H](CCC(=O)O)C(=O)N[C@@H](CO)C(=O)N[C@@H](CO)C(=O)O. The number of amides is 3. The van der Waals surface area contributed by atoms with E-state index in [0.717, 1.165) is 0 Å². The quantitative estimate of drug-likeness (QED) is 0.139. The third kappa shape index (κ3) is 8.72. The molecule has 0 heterocycles. The summed E-state index contributed by atoms with van der Waals surface area (Å²) in [6.07, 6.45) is -0.923. The molecule has 0 aliphatic carbocycles. The van der Waals surface area contributed by atoms with E-state index in [9.17, 15) is 29.1 Å². The van der Waals surface area contributed by atoms with Gasteiger partial charge >= 0.3 is 11.9 Å². The van der Waals surface area contributed by atoms with E-state index in [0.29, 0.717) is 0 Å². The van der Waals surface area contributed by atoms with Crippen molar-refractivity contribution in [3.8, 4) is 0 Å². The number of carbonyl (C=O) groups excluding carboxylic acids is 3. The van der Waals surface area contributed by atoms with Crippen molar-refractivity contribution in [3.63, 3.8) is 0 Å². The van der Waals surface area contributed by atoms with Crippen molar-refractivity contribution in [2.24, 2.45) is 5.73 Å². The predicted molar refractivity (Wildman–Crippen MR) is 89.5 cm³/mol. The van der Waals surface area contributed by atoms with Crippen molar-refractivity contribution in [2.45, 2.75) is 37.0 Å². The minimum absolute atomic E-state index is 0.390. The minimum Gasteiger partial charge on any atom is -0.481 e. The minimum atomic E-state index is -1.68. The molecule has 0 rings (SSSR count). The maximum atomic E-state index is 12.3. The van der Waals surface area contributed by atoms with Crippen LogP contribution in [0, 0.1) is 0 Å². The molecule has 160 valence electrons. The largest absolute Gasteiger partial charge is 0.481 e. The summed E-state index contributed by atoms with van der Waals surface area (Å²) in [4.78, 5) is 57.5. The second-order valence-electron chi connectivity index (χ2n) is 5.61. The van der Waals surface area contributed by atoms with Crippen LogP contribution in [-0.2, 0) is 24.0 Å². The summed E-state index contributed by atoms with van der Waals surface area (Å²) in [6, 6.07) is -6.16. The molecule has 0 aromatic heterocycles. The second-order valence-corrected chi connectivity index (χ2v) is 5.61. The van der Waals surface area contributed by atoms with E-state index < -0.39 is 80.1 Å². The van der Waals surface area contributed by atoms with Gasteiger partial charge in [-0.1, -0.05) is 0 Å². The van der Waals surface area contributed by atoms with Crippen LogP contribution in [0.5, 0.6) is 0 Å². The number of carboxylic acid groups (broad SMARTS) is 2. The highest BCUT2D eigenvalue weighted by molar-refractivity contribution is 5.94. The number of rotatable bonds is 13. The second kappa shape index (κ2) is 12.6. The number of carbonyl (C=O) groups is 5. The highest BCUT2D eigenvalue weighted by atomic mass is 16.4. The van der Waals surface area contributed by atoms with Crippen molar-refractivity contribution >= 4 is 29.7 Å². The molecule has 14 nitrogen and oxygen atoms in total. The van der Waals surface area contributed by atoms with Crippen LogP contribution in [0.3, 0.4) is 0 Å². The van der Waals surface area contributed by atoms with Crippen LogP contribution in [0.2, 0.25) is 0 Å². The van der Waals surface area contributed by atoms with Crippen LogP contribution in [0.25, 0.3) is 0 Å². The van der Waals surface area contributed by atoms with E-state index in [1.165, 1.54) is 0 Å². The molecular weight excluding hydrogens is 384 g/mol. The third-order valence-corrected chi connectivity index (χ3v) is 3.43. The number of nitrogens with two attached hydrogens (primary N) is 1. The summed E-state index contributed by atoms with van der Waals surface area (Å²) in [7, 11) is 0. The van der Waals surface area contributed by atoms with Crippen LogP contribution in [0.15, 0.2) is 0 Å². The van der Waals surface area contributed by atoms with Gasteiger partial charge < -0.3 is 47.2 Å². The van der Waals surface area contributed by atoms with Crippen LogP contribution >= 0.6 is 0 Å². The van der Waals surface area contributed by atoms with Gasteiger partial charge in [-0.2, -0.15) is 0 Å². The van der Waals surface area contributed by atoms with Gasteiger partial charge in [0.15, 0.2) is 0 Å². The molecule has 28 heavy (non-hydrogen) atoms. The Morgan fingerprint density at radius 1 is 0.714 bits per heavy atom. The molecule has 3 amide bonds. The monoisotopic (exact) mass is 408 g/mol. The lowest BCUT2D eigenvalue weighted by molar-refractivity contribution is -0.143. The topological polar surface area (TPSA) is 249 Å². The molecule has 0 aliphatic rings. The Balaban J connectivity index is 5.16. The number of hydrogen-bond acceptors (Lipinski definition) is 9. The van der Waals surface area contributed by atoms with Gasteiger partial charge in [0.2, 0.25) is 17.7 Å². The summed E-state index contributed by atoms with van der Waals surface area (Å²) in [5.41, 5.74) is 5.30. The molecule has 0 aromatic rings. The number of nitrogens with one attached hydrogen (secondary N) is 3. The number of aliphatic hydroxyl groups is 3. The fourth-order valence-electron chi connectivity index (χ4n) is 1.82. The van der Waals surface area contributed by atoms with Crippen molar-refractivity contribution in [1.29, 1.82) is 0 Å². The van der Waals surface area contributed by atoms with Crippen LogP contribution in [0.1, 0.15) is 12.8 Å². The highest BCUT2D eigenvalue weighted by Crippen LogP contribution is 2.01. The fourth-order valence-corrected chi connectivity index (χ4v) is 1.82. The molecule has 0 radical (unpaired) electrons. The molecule has 14 heteroatoms. The number of aliphatic carboxylic acids is 2. The van der Waals surface area contributed by atoms with Gasteiger partial charge in [-0.05, 0) is 6.42 Å². The van der Waals surface area contributed by atoms with E-state index >= 15 is 0 Å². The summed E-state index contributed by atoms with van der Waals surface area (Å²) in [5.74, 6) is -5.97.